The van der Waals surface area contributed by atoms with Crippen LogP contribution in [0.3, 0.4) is 0 Å². The lowest BCUT2D eigenvalue weighted by Crippen LogP contribution is -2.44. The van der Waals surface area contributed by atoms with E-state index in [9.17, 15) is 19.2 Å². The molecule has 1 aliphatic heterocycles. The molecule has 0 radical (unpaired) electrons. The molecular weight excluding hydrogens is 330 g/mol. The summed E-state index contributed by atoms with van der Waals surface area (Å²) in [4.78, 5) is 48.2. The van der Waals surface area contributed by atoms with Gasteiger partial charge in [0, 0.05) is 26.6 Å². The molecule has 0 aromatic heterocycles. The first kappa shape index (κ1) is 20.7. The van der Waals surface area contributed by atoms with E-state index in [0.717, 1.165) is 0 Å². The van der Waals surface area contributed by atoms with Crippen LogP contribution in [0.25, 0.3) is 0 Å². The molecule has 0 saturated carbocycles. The summed E-state index contributed by atoms with van der Waals surface area (Å²) in [5.74, 6) is -1.33. The normalized spacial score (nSPS) is 17.0. The molecule has 3 amide bonds. The summed E-state index contributed by atoms with van der Waals surface area (Å²) in [6, 6.07) is -0.742. The van der Waals surface area contributed by atoms with Gasteiger partial charge < -0.3 is 20.1 Å². The van der Waals surface area contributed by atoms with Gasteiger partial charge >= 0.3 is 12.1 Å². The van der Waals surface area contributed by atoms with Crippen molar-refractivity contribution in [3.8, 4) is 0 Å². The summed E-state index contributed by atoms with van der Waals surface area (Å²) in [6.45, 7) is 5.36. The van der Waals surface area contributed by atoms with Gasteiger partial charge in [0.25, 0.3) is 5.91 Å². The van der Waals surface area contributed by atoms with Crippen LogP contribution in [0.1, 0.15) is 40.0 Å². The number of carbonyl (C=O) groups excluding carboxylic acids is 4. The molecular formula is C16H27N3O6. The molecule has 9 nitrogen and oxygen atoms in total. The molecule has 1 aliphatic rings. The summed E-state index contributed by atoms with van der Waals surface area (Å²) in [5, 5.41) is 4.91. The number of carbonyl (C=O) groups is 4. The molecule has 1 atom stereocenters. The quantitative estimate of drug-likeness (QED) is 0.656. The molecule has 0 aromatic carbocycles. The second-order valence-electron chi connectivity index (χ2n) is 6.71. The molecule has 0 aliphatic carbocycles. The maximum atomic E-state index is 12.1. The third-order valence-corrected chi connectivity index (χ3v) is 3.45. The van der Waals surface area contributed by atoms with Gasteiger partial charge in [0.2, 0.25) is 5.91 Å². The van der Waals surface area contributed by atoms with Crippen molar-refractivity contribution in [2.24, 2.45) is 0 Å². The van der Waals surface area contributed by atoms with Crippen LogP contribution in [-0.2, 0) is 23.9 Å². The molecule has 142 valence electrons. The van der Waals surface area contributed by atoms with Crippen molar-refractivity contribution >= 4 is 23.9 Å². The monoisotopic (exact) mass is 357 g/mol. The molecule has 1 heterocycles. The summed E-state index contributed by atoms with van der Waals surface area (Å²) < 4.78 is 10.3. The van der Waals surface area contributed by atoms with Crippen molar-refractivity contribution in [2.45, 2.75) is 51.7 Å². The van der Waals surface area contributed by atoms with Crippen LogP contribution in [0.15, 0.2) is 0 Å². The van der Waals surface area contributed by atoms with Gasteiger partial charge in [0.05, 0.1) is 0 Å². The molecule has 0 unspecified atom stereocenters. The first-order valence-electron chi connectivity index (χ1n) is 8.27. The number of hydrogen-bond acceptors (Lipinski definition) is 6. The van der Waals surface area contributed by atoms with Gasteiger partial charge in [-0.15, -0.1) is 0 Å². The predicted octanol–water partition coefficient (Wildman–Crippen LogP) is 0.181. The van der Waals surface area contributed by atoms with Gasteiger partial charge in [0.15, 0.2) is 6.61 Å². The van der Waals surface area contributed by atoms with Gasteiger partial charge in [-0.1, -0.05) is 0 Å². The number of rotatable bonds is 6. The summed E-state index contributed by atoms with van der Waals surface area (Å²) in [6.07, 6.45) is 0.709. The molecule has 2 N–H and O–H groups in total. The molecule has 1 fully saturated rings. The zero-order valence-corrected chi connectivity index (χ0v) is 15.2. The smallest absolute Gasteiger partial charge is 0.411 e. The molecule has 1 rings (SSSR count). The van der Waals surface area contributed by atoms with E-state index in [0.29, 0.717) is 19.4 Å². The highest BCUT2D eigenvalue weighted by atomic mass is 16.6. The Labute approximate surface area is 147 Å². The number of ether oxygens (including phenoxy) is 2. The van der Waals surface area contributed by atoms with Gasteiger partial charge in [-0.25, -0.2) is 9.59 Å². The lowest BCUT2D eigenvalue weighted by atomic mass is 10.2. The van der Waals surface area contributed by atoms with Crippen LogP contribution in [0.5, 0.6) is 0 Å². The fourth-order valence-electron chi connectivity index (χ4n) is 2.28. The molecule has 0 aromatic rings. The van der Waals surface area contributed by atoms with Crippen LogP contribution < -0.4 is 10.6 Å². The SMILES string of the molecule is CNC(=O)CCNC(=O)COC(=O)[C@H]1CCCN1C(=O)OC(C)(C)C. The Morgan fingerprint density at radius 1 is 1.16 bits per heavy atom. The first-order valence-corrected chi connectivity index (χ1v) is 8.27. The second-order valence-corrected chi connectivity index (χ2v) is 6.71. The second kappa shape index (κ2) is 9.24. The minimum Gasteiger partial charge on any atom is -0.454 e. The summed E-state index contributed by atoms with van der Waals surface area (Å²) >= 11 is 0. The van der Waals surface area contributed by atoms with Crippen molar-refractivity contribution in [3.05, 3.63) is 0 Å². The fourth-order valence-corrected chi connectivity index (χ4v) is 2.28. The Morgan fingerprint density at radius 2 is 1.84 bits per heavy atom. The van der Waals surface area contributed by atoms with E-state index in [4.69, 9.17) is 9.47 Å². The van der Waals surface area contributed by atoms with Gasteiger partial charge in [0.1, 0.15) is 11.6 Å². The van der Waals surface area contributed by atoms with E-state index < -0.39 is 36.2 Å². The van der Waals surface area contributed by atoms with Crippen LogP contribution >= 0.6 is 0 Å². The zero-order valence-electron chi connectivity index (χ0n) is 15.2. The van der Waals surface area contributed by atoms with Crippen LogP contribution in [-0.4, -0.2) is 67.2 Å². The van der Waals surface area contributed by atoms with Crippen LogP contribution in [0.4, 0.5) is 4.79 Å². The fraction of sp³-hybridized carbons (Fsp3) is 0.750. The van der Waals surface area contributed by atoms with Crippen molar-refractivity contribution < 1.29 is 28.7 Å². The largest absolute Gasteiger partial charge is 0.454 e. The van der Waals surface area contributed by atoms with Crippen LogP contribution in [0.2, 0.25) is 0 Å². The molecule has 0 bridgehead atoms. The zero-order chi connectivity index (χ0) is 19.0. The average Bonchev–Trinajstić information content (AvgIpc) is 3.00. The highest BCUT2D eigenvalue weighted by Crippen LogP contribution is 2.21. The lowest BCUT2D eigenvalue weighted by molar-refractivity contribution is -0.152. The topological polar surface area (TPSA) is 114 Å². The maximum Gasteiger partial charge on any atom is 0.411 e. The molecule has 0 spiro atoms. The first-order chi connectivity index (χ1) is 11.6. The van der Waals surface area contributed by atoms with Crippen molar-refractivity contribution in [2.75, 3.05) is 26.7 Å². The number of hydrogen-bond donors (Lipinski definition) is 2. The Hall–Kier alpha value is -2.32. The van der Waals surface area contributed by atoms with Crippen molar-refractivity contribution in [3.63, 3.8) is 0 Å². The van der Waals surface area contributed by atoms with E-state index in [1.807, 2.05) is 0 Å². The highest BCUT2D eigenvalue weighted by molar-refractivity contribution is 5.85. The van der Waals surface area contributed by atoms with E-state index in [1.165, 1.54) is 11.9 Å². The Morgan fingerprint density at radius 3 is 2.44 bits per heavy atom. The van der Waals surface area contributed by atoms with Crippen LogP contribution in [0, 0.1) is 0 Å². The van der Waals surface area contributed by atoms with E-state index in [-0.39, 0.29) is 18.9 Å². The average molecular weight is 357 g/mol. The minimum absolute atomic E-state index is 0.144. The van der Waals surface area contributed by atoms with Gasteiger partial charge in [-0.05, 0) is 33.6 Å². The molecule has 1 saturated heterocycles. The third-order valence-electron chi connectivity index (χ3n) is 3.45. The number of likely N-dealkylation sites (tertiary alicyclic amines) is 1. The van der Waals surface area contributed by atoms with E-state index in [1.54, 1.807) is 20.8 Å². The highest BCUT2D eigenvalue weighted by Gasteiger charge is 2.37. The van der Waals surface area contributed by atoms with Crippen molar-refractivity contribution in [1.82, 2.24) is 15.5 Å². The third kappa shape index (κ3) is 7.40. The number of amides is 3. The maximum absolute atomic E-state index is 12.1. The number of nitrogens with zero attached hydrogens (tertiary/aromatic N) is 1. The number of esters is 1. The van der Waals surface area contributed by atoms with Gasteiger partial charge in [-0.2, -0.15) is 0 Å². The Bertz CT molecular complexity index is 514. The summed E-state index contributed by atoms with van der Waals surface area (Å²) in [7, 11) is 1.50. The van der Waals surface area contributed by atoms with Crippen molar-refractivity contribution in [1.29, 1.82) is 0 Å². The number of nitrogens with one attached hydrogen (secondary N) is 2. The standard InChI is InChI=1S/C16H27N3O6/c1-16(2,3)25-15(23)19-9-5-6-11(19)14(22)24-10-13(21)18-8-7-12(20)17-4/h11H,5-10H2,1-4H3,(H,17,20)(H,18,21)/t11-/m1/s1. The van der Waals surface area contributed by atoms with Gasteiger partial charge in [-0.3, -0.25) is 14.5 Å². The molecule has 25 heavy (non-hydrogen) atoms. The Balaban J connectivity index is 2.41. The lowest BCUT2D eigenvalue weighted by Gasteiger charge is -2.27. The summed E-state index contributed by atoms with van der Waals surface area (Å²) in [5.41, 5.74) is -0.654. The van der Waals surface area contributed by atoms with E-state index >= 15 is 0 Å². The Kier molecular flexibility index (Phi) is 7.66. The predicted molar refractivity (Wildman–Crippen MR) is 88.6 cm³/mol. The molecule has 9 heteroatoms. The van der Waals surface area contributed by atoms with E-state index in [2.05, 4.69) is 10.6 Å². The minimum atomic E-state index is -0.742.